The molecule has 1 atom stereocenters. The van der Waals surface area contributed by atoms with Crippen molar-refractivity contribution in [2.24, 2.45) is 5.92 Å². The minimum atomic E-state index is 0.595. The maximum atomic E-state index is 8.98. The van der Waals surface area contributed by atoms with Crippen LogP contribution in [0.1, 0.15) is 30.4 Å². The van der Waals surface area contributed by atoms with Gasteiger partial charge in [-0.3, -0.25) is 0 Å². The summed E-state index contributed by atoms with van der Waals surface area (Å²) in [5, 5.41) is 12.5. The highest BCUT2D eigenvalue weighted by Gasteiger charge is 2.33. The maximum Gasteiger partial charge on any atom is 0.136 e. The van der Waals surface area contributed by atoms with Crippen molar-refractivity contribution in [1.82, 2.24) is 10.2 Å². The van der Waals surface area contributed by atoms with Gasteiger partial charge in [0.05, 0.1) is 12.7 Å². The van der Waals surface area contributed by atoms with Gasteiger partial charge in [0.2, 0.25) is 0 Å². The van der Waals surface area contributed by atoms with E-state index in [1.165, 1.54) is 37.9 Å². The summed E-state index contributed by atoms with van der Waals surface area (Å²) in [6.45, 7) is 4.45. The van der Waals surface area contributed by atoms with Crippen molar-refractivity contribution in [3.63, 3.8) is 0 Å². The van der Waals surface area contributed by atoms with Crippen molar-refractivity contribution in [1.29, 1.82) is 5.26 Å². The van der Waals surface area contributed by atoms with Crippen LogP contribution in [0.4, 0.5) is 0 Å². The van der Waals surface area contributed by atoms with Crippen LogP contribution in [0.3, 0.4) is 0 Å². The maximum absolute atomic E-state index is 8.98. The molecular weight excluding hydrogens is 262 g/mol. The van der Waals surface area contributed by atoms with Crippen molar-refractivity contribution >= 4 is 0 Å². The summed E-state index contributed by atoms with van der Waals surface area (Å²) < 4.78 is 5.25. The lowest BCUT2D eigenvalue weighted by Crippen LogP contribution is -2.27. The van der Waals surface area contributed by atoms with Crippen LogP contribution in [0.15, 0.2) is 18.2 Å². The van der Waals surface area contributed by atoms with Gasteiger partial charge in [0.25, 0.3) is 0 Å². The molecule has 0 spiro atoms. The van der Waals surface area contributed by atoms with Crippen molar-refractivity contribution in [2.75, 3.05) is 26.7 Å². The number of hydrogen-bond acceptors (Lipinski definition) is 4. The fourth-order valence-electron chi connectivity index (χ4n) is 3.16. The molecule has 1 aliphatic carbocycles. The predicted octanol–water partition coefficient (Wildman–Crippen LogP) is 2.14. The molecule has 0 bridgehead atoms. The van der Waals surface area contributed by atoms with Crippen LogP contribution in [-0.4, -0.2) is 37.7 Å². The van der Waals surface area contributed by atoms with E-state index in [1.807, 2.05) is 18.2 Å². The summed E-state index contributed by atoms with van der Waals surface area (Å²) in [5.41, 5.74) is 1.76. The predicted molar refractivity (Wildman–Crippen MR) is 82.1 cm³/mol. The number of hydrogen-bond donors (Lipinski definition) is 1. The Morgan fingerprint density at radius 1 is 1.38 bits per heavy atom. The Kier molecular flexibility index (Phi) is 4.42. The van der Waals surface area contributed by atoms with E-state index in [0.29, 0.717) is 11.3 Å². The summed E-state index contributed by atoms with van der Waals surface area (Å²) >= 11 is 0. The topological polar surface area (TPSA) is 48.3 Å². The first-order valence-electron chi connectivity index (χ1n) is 7.82. The lowest BCUT2D eigenvalue weighted by molar-refractivity contribution is 0.312. The van der Waals surface area contributed by atoms with E-state index in [-0.39, 0.29) is 0 Å². The first-order chi connectivity index (χ1) is 10.3. The Bertz CT molecular complexity index is 533. The number of nitriles is 1. The van der Waals surface area contributed by atoms with E-state index in [2.05, 4.69) is 16.3 Å². The number of nitrogens with zero attached hydrogens (tertiary/aromatic N) is 2. The molecule has 1 aliphatic heterocycles. The Morgan fingerprint density at radius 2 is 2.24 bits per heavy atom. The smallest absolute Gasteiger partial charge is 0.136 e. The summed E-state index contributed by atoms with van der Waals surface area (Å²) in [5.74, 6) is 1.45. The van der Waals surface area contributed by atoms with Gasteiger partial charge in [-0.05, 0) is 56.0 Å². The zero-order valence-electron chi connectivity index (χ0n) is 12.6. The van der Waals surface area contributed by atoms with Gasteiger partial charge < -0.3 is 15.0 Å². The molecule has 3 rings (SSSR count). The van der Waals surface area contributed by atoms with Crippen LogP contribution in [0.2, 0.25) is 0 Å². The Hall–Kier alpha value is -1.57. The molecule has 2 aliphatic rings. The van der Waals surface area contributed by atoms with Gasteiger partial charge in [0, 0.05) is 19.1 Å². The minimum absolute atomic E-state index is 0.595. The molecule has 4 nitrogen and oxygen atoms in total. The molecule has 1 heterocycles. The average molecular weight is 285 g/mol. The molecule has 1 aromatic carbocycles. The van der Waals surface area contributed by atoms with Crippen molar-refractivity contribution in [2.45, 2.75) is 31.8 Å². The van der Waals surface area contributed by atoms with Crippen LogP contribution in [-0.2, 0) is 6.54 Å². The van der Waals surface area contributed by atoms with E-state index in [9.17, 15) is 0 Å². The SMILES string of the molecule is COc1cc(CNCC2CCN(C3CC3)C2)ccc1C#N. The lowest BCUT2D eigenvalue weighted by atomic mass is 10.1. The fourth-order valence-corrected chi connectivity index (χ4v) is 3.16. The summed E-state index contributed by atoms with van der Waals surface area (Å²) in [6, 6.07) is 8.83. The lowest BCUT2D eigenvalue weighted by Gasteiger charge is -2.15. The first-order valence-corrected chi connectivity index (χ1v) is 7.82. The third kappa shape index (κ3) is 3.55. The van der Waals surface area contributed by atoms with Gasteiger partial charge >= 0.3 is 0 Å². The summed E-state index contributed by atoms with van der Waals surface area (Å²) in [6.07, 6.45) is 4.14. The molecule has 2 fully saturated rings. The second kappa shape index (κ2) is 6.46. The molecule has 1 N–H and O–H groups in total. The van der Waals surface area contributed by atoms with Crippen LogP contribution in [0.5, 0.6) is 5.75 Å². The van der Waals surface area contributed by atoms with Crippen molar-refractivity contribution < 1.29 is 4.74 Å². The van der Waals surface area contributed by atoms with Crippen LogP contribution < -0.4 is 10.1 Å². The van der Waals surface area contributed by atoms with Gasteiger partial charge in [-0.25, -0.2) is 0 Å². The monoisotopic (exact) mass is 285 g/mol. The van der Waals surface area contributed by atoms with Gasteiger partial charge in [-0.1, -0.05) is 6.07 Å². The zero-order chi connectivity index (χ0) is 14.7. The number of rotatable bonds is 6. The highest BCUT2D eigenvalue weighted by atomic mass is 16.5. The first kappa shape index (κ1) is 14.4. The highest BCUT2D eigenvalue weighted by Crippen LogP contribution is 2.31. The third-order valence-electron chi connectivity index (χ3n) is 4.53. The van der Waals surface area contributed by atoms with Gasteiger partial charge in [-0.15, -0.1) is 0 Å². The molecule has 0 aromatic heterocycles. The number of nitrogens with one attached hydrogen (secondary N) is 1. The second-order valence-electron chi connectivity index (χ2n) is 6.16. The largest absolute Gasteiger partial charge is 0.495 e. The average Bonchev–Trinajstić information content (AvgIpc) is 3.27. The number of benzene rings is 1. The van der Waals surface area contributed by atoms with Crippen LogP contribution in [0, 0.1) is 17.2 Å². The van der Waals surface area contributed by atoms with Crippen LogP contribution >= 0.6 is 0 Å². The molecule has 1 unspecified atom stereocenters. The Labute approximate surface area is 126 Å². The van der Waals surface area contributed by atoms with Gasteiger partial charge in [0.1, 0.15) is 11.8 Å². The zero-order valence-corrected chi connectivity index (χ0v) is 12.6. The fraction of sp³-hybridized carbons (Fsp3) is 0.588. The van der Waals surface area contributed by atoms with Crippen molar-refractivity contribution in [3.8, 4) is 11.8 Å². The molecule has 0 amide bonds. The van der Waals surface area contributed by atoms with E-state index in [1.54, 1.807) is 7.11 Å². The number of methoxy groups -OCH3 is 1. The van der Waals surface area contributed by atoms with Crippen LogP contribution in [0.25, 0.3) is 0 Å². The number of ether oxygens (including phenoxy) is 1. The normalized spacial score (nSPS) is 22.2. The standard InChI is InChI=1S/C17H23N3O/c1-21-17-8-13(2-3-15(17)9-18)10-19-11-14-6-7-20(12-14)16-4-5-16/h2-3,8,14,16,19H,4-7,10-12H2,1H3. The number of likely N-dealkylation sites (tertiary alicyclic amines) is 1. The Morgan fingerprint density at radius 3 is 2.95 bits per heavy atom. The molecule has 1 saturated carbocycles. The minimum Gasteiger partial charge on any atom is -0.495 e. The van der Waals surface area contributed by atoms with Gasteiger partial charge in [-0.2, -0.15) is 5.26 Å². The Balaban J connectivity index is 1.46. The summed E-state index contributed by atoms with van der Waals surface area (Å²) in [4.78, 5) is 2.65. The van der Waals surface area contributed by atoms with E-state index < -0.39 is 0 Å². The van der Waals surface area contributed by atoms with E-state index in [4.69, 9.17) is 10.00 Å². The second-order valence-corrected chi connectivity index (χ2v) is 6.16. The third-order valence-corrected chi connectivity index (χ3v) is 4.53. The molecule has 21 heavy (non-hydrogen) atoms. The molecular formula is C17H23N3O. The van der Waals surface area contributed by atoms with E-state index in [0.717, 1.165) is 25.0 Å². The van der Waals surface area contributed by atoms with Crippen molar-refractivity contribution in [3.05, 3.63) is 29.3 Å². The molecule has 112 valence electrons. The van der Waals surface area contributed by atoms with E-state index >= 15 is 0 Å². The molecule has 1 saturated heterocycles. The summed E-state index contributed by atoms with van der Waals surface area (Å²) in [7, 11) is 1.61. The molecule has 1 aromatic rings. The molecule has 0 radical (unpaired) electrons. The highest BCUT2D eigenvalue weighted by molar-refractivity contribution is 5.45. The quantitative estimate of drug-likeness (QED) is 0.870. The van der Waals surface area contributed by atoms with Gasteiger partial charge in [0.15, 0.2) is 0 Å². The molecule has 4 heteroatoms.